The van der Waals surface area contributed by atoms with Crippen LogP contribution < -0.4 is 10.6 Å². The molecule has 1 saturated carbocycles. The average molecular weight is 409 g/mol. The van der Waals surface area contributed by atoms with Crippen molar-refractivity contribution in [2.75, 3.05) is 5.32 Å². The molecule has 3 aromatic rings. The van der Waals surface area contributed by atoms with Crippen LogP contribution >= 0.6 is 0 Å². The molecule has 0 spiro atoms. The summed E-state index contributed by atoms with van der Waals surface area (Å²) in [7, 11) is 0. The van der Waals surface area contributed by atoms with Crippen LogP contribution in [0.1, 0.15) is 55.3 Å². The van der Waals surface area contributed by atoms with Crippen LogP contribution in [0.4, 0.5) is 10.5 Å². The van der Waals surface area contributed by atoms with Crippen LogP contribution in [0.3, 0.4) is 0 Å². The van der Waals surface area contributed by atoms with E-state index in [0.29, 0.717) is 16.9 Å². The summed E-state index contributed by atoms with van der Waals surface area (Å²) >= 11 is 0. The van der Waals surface area contributed by atoms with Crippen LogP contribution in [0.15, 0.2) is 41.1 Å². The fourth-order valence-corrected chi connectivity index (χ4v) is 3.34. The Morgan fingerprint density at radius 1 is 1.23 bits per heavy atom. The standard InChI is InChI=1S/C21H23N5O4/c1-12(2)23-21(29)26-17(13-4-3-5-13)11-16(25-26)15-10-14(6-7-18(15)27)24-20(28)19-8-9-22-30-19/h6-13,27H,3-5H2,1-2H3,(H,23,29)(H,24,28). The van der Waals surface area contributed by atoms with Gasteiger partial charge in [0.2, 0.25) is 5.76 Å². The van der Waals surface area contributed by atoms with Gasteiger partial charge in [0.05, 0.1) is 17.6 Å². The van der Waals surface area contributed by atoms with E-state index in [0.717, 1.165) is 25.0 Å². The van der Waals surface area contributed by atoms with E-state index >= 15 is 0 Å². The number of hydrogen-bond donors (Lipinski definition) is 3. The number of phenolic OH excluding ortho intramolecular Hbond substituents is 1. The fourth-order valence-electron chi connectivity index (χ4n) is 3.34. The largest absolute Gasteiger partial charge is 0.507 e. The fraction of sp³-hybridized carbons (Fsp3) is 0.333. The van der Waals surface area contributed by atoms with Gasteiger partial charge in [0, 0.05) is 29.3 Å². The first-order valence-electron chi connectivity index (χ1n) is 9.88. The van der Waals surface area contributed by atoms with Gasteiger partial charge >= 0.3 is 6.03 Å². The lowest BCUT2D eigenvalue weighted by atomic mass is 9.82. The molecule has 2 heterocycles. The van der Waals surface area contributed by atoms with Crippen molar-refractivity contribution in [3.63, 3.8) is 0 Å². The normalized spacial score (nSPS) is 13.8. The Labute approximate surface area is 173 Å². The summed E-state index contributed by atoms with van der Waals surface area (Å²) in [4.78, 5) is 24.9. The summed E-state index contributed by atoms with van der Waals surface area (Å²) in [6.07, 6.45) is 4.50. The number of benzene rings is 1. The van der Waals surface area contributed by atoms with E-state index in [1.54, 1.807) is 12.1 Å². The predicted octanol–water partition coefficient (Wildman–Crippen LogP) is 3.73. The first-order valence-corrected chi connectivity index (χ1v) is 9.88. The molecule has 0 unspecified atom stereocenters. The van der Waals surface area contributed by atoms with Crippen molar-refractivity contribution in [2.24, 2.45) is 0 Å². The van der Waals surface area contributed by atoms with Gasteiger partial charge in [0.15, 0.2) is 0 Å². The third kappa shape index (κ3) is 3.91. The van der Waals surface area contributed by atoms with Crippen molar-refractivity contribution in [3.05, 3.63) is 48.0 Å². The van der Waals surface area contributed by atoms with Crippen LogP contribution in [0.5, 0.6) is 5.75 Å². The molecule has 2 aromatic heterocycles. The Balaban J connectivity index is 1.66. The lowest BCUT2D eigenvalue weighted by Gasteiger charge is -2.25. The molecule has 0 radical (unpaired) electrons. The van der Waals surface area contributed by atoms with E-state index < -0.39 is 5.91 Å². The molecular formula is C21H23N5O4. The van der Waals surface area contributed by atoms with Crippen molar-refractivity contribution in [3.8, 4) is 17.0 Å². The van der Waals surface area contributed by atoms with Crippen molar-refractivity contribution in [2.45, 2.75) is 45.1 Å². The molecule has 4 rings (SSSR count). The number of nitrogens with zero attached hydrogens (tertiary/aromatic N) is 3. The number of hydrogen-bond acceptors (Lipinski definition) is 6. The van der Waals surface area contributed by atoms with Gasteiger partial charge in [0.25, 0.3) is 5.91 Å². The smallest absolute Gasteiger partial charge is 0.342 e. The van der Waals surface area contributed by atoms with Gasteiger partial charge in [-0.1, -0.05) is 11.6 Å². The Morgan fingerprint density at radius 2 is 2.03 bits per heavy atom. The maximum absolute atomic E-state index is 12.6. The van der Waals surface area contributed by atoms with Crippen LogP contribution in [0.2, 0.25) is 0 Å². The van der Waals surface area contributed by atoms with Gasteiger partial charge < -0.3 is 20.3 Å². The third-order valence-corrected chi connectivity index (χ3v) is 5.06. The molecule has 1 aromatic carbocycles. The Morgan fingerprint density at radius 3 is 2.67 bits per heavy atom. The maximum atomic E-state index is 12.6. The highest BCUT2D eigenvalue weighted by molar-refractivity contribution is 6.02. The number of carbonyl (C=O) groups is 2. The number of anilines is 1. The SMILES string of the molecule is CC(C)NC(=O)n1nc(-c2cc(NC(=O)c3ccno3)ccc2O)cc1C1CCC1. The second kappa shape index (κ2) is 8.02. The second-order valence-corrected chi connectivity index (χ2v) is 7.66. The molecule has 0 saturated heterocycles. The van der Waals surface area contributed by atoms with Crippen LogP contribution in [-0.2, 0) is 0 Å². The van der Waals surface area contributed by atoms with Crippen LogP contribution in [-0.4, -0.2) is 38.0 Å². The number of rotatable bonds is 5. The summed E-state index contributed by atoms with van der Waals surface area (Å²) in [5, 5.41) is 24.0. The highest BCUT2D eigenvalue weighted by Crippen LogP contribution is 2.39. The van der Waals surface area contributed by atoms with Crippen molar-refractivity contribution >= 4 is 17.6 Å². The molecule has 1 fully saturated rings. The number of phenols is 1. The highest BCUT2D eigenvalue weighted by atomic mass is 16.5. The molecule has 1 aliphatic carbocycles. The summed E-state index contributed by atoms with van der Waals surface area (Å²) in [6.45, 7) is 3.77. The number of aromatic nitrogens is 3. The zero-order valence-electron chi connectivity index (χ0n) is 16.8. The van der Waals surface area contributed by atoms with Gasteiger partial charge in [-0.3, -0.25) is 4.79 Å². The first kappa shape index (κ1) is 19.7. The molecule has 0 atom stereocenters. The molecule has 0 bridgehead atoms. The van der Waals surface area contributed by atoms with E-state index in [1.807, 2.05) is 19.9 Å². The van der Waals surface area contributed by atoms with E-state index in [2.05, 4.69) is 20.9 Å². The Kier molecular flexibility index (Phi) is 5.26. The van der Waals surface area contributed by atoms with Gasteiger partial charge in [-0.15, -0.1) is 0 Å². The third-order valence-electron chi connectivity index (χ3n) is 5.06. The van der Waals surface area contributed by atoms with E-state index in [-0.39, 0.29) is 29.5 Å². The van der Waals surface area contributed by atoms with Gasteiger partial charge in [-0.2, -0.15) is 9.78 Å². The number of amides is 2. The minimum atomic E-state index is -0.457. The highest BCUT2D eigenvalue weighted by Gasteiger charge is 2.28. The molecular weight excluding hydrogens is 386 g/mol. The molecule has 30 heavy (non-hydrogen) atoms. The maximum Gasteiger partial charge on any atom is 0.342 e. The summed E-state index contributed by atoms with van der Waals surface area (Å²) in [6, 6.07) is 7.62. The first-order chi connectivity index (χ1) is 14.4. The summed E-state index contributed by atoms with van der Waals surface area (Å²) in [5.41, 5.74) is 2.16. The molecule has 1 aliphatic rings. The lowest BCUT2D eigenvalue weighted by Crippen LogP contribution is -2.36. The summed E-state index contributed by atoms with van der Waals surface area (Å²) < 4.78 is 6.24. The quantitative estimate of drug-likeness (QED) is 0.552. The summed E-state index contributed by atoms with van der Waals surface area (Å²) in [5.74, 6) is -0.116. The zero-order valence-corrected chi connectivity index (χ0v) is 16.8. The van der Waals surface area contributed by atoms with E-state index in [4.69, 9.17) is 4.52 Å². The Hall–Kier alpha value is -3.62. The minimum Gasteiger partial charge on any atom is -0.507 e. The van der Waals surface area contributed by atoms with Crippen LogP contribution in [0.25, 0.3) is 11.3 Å². The number of carbonyl (C=O) groups excluding carboxylic acids is 2. The van der Waals surface area contributed by atoms with Gasteiger partial charge in [-0.05, 0) is 51.0 Å². The van der Waals surface area contributed by atoms with Crippen molar-refractivity contribution in [1.82, 2.24) is 20.3 Å². The minimum absolute atomic E-state index is 0.00161. The molecule has 2 amide bonds. The Bertz CT molecular complexity index is 1070. The van der Waals surface area contributed by atoms with Crippen molar-refractivity contribution in [1.29, 1.82) is 0 Å². The predicted molar refractivity (Wildman–Crippen MR) is 109 cm³/mol. The lowest BCUT2D eigenvalue weighted by molar-refractivity contribution is 0.0988. The molecule has 9 nitrogen and oxygen atoms in total. The number of aromatic hydroxyl groups is 1. The second-order valence-electron chi connectivity index (χ2n) is 7.66. The van der Waals surface area contributed by atoms with Gasteiger partial charge in [0.1, 0.15) is 5.75 Å². The average Bonchev–Trinajstić information content (AvgIpc) is 3.31. The monoisotopic (exact) mass is 409 g/mol. The van der Waals surface area contributed by atoms with E-state index in [9.17, 15) is 14.7 Å². The molecule has 3 N–H and O–H groups in total. The topological polar surface area (TPSA) is 122 Å². The zero-order chi connectivity index (χ0) is 21.3. The van der Waals surface area contributed by atoms with Crippen LogP contribution in [0, 0.1) is 0 Å². The van der Waals surface area contributed by atoms with Crippen molar-refractivity contribution < 1.29 is 19.2 Å². The molecule has 0 aliphatic heterocycles. The van der Waals surface area contributed by atoms with E-state index in [1.165, 1.54) is 23.0 Å². The number of nitrogens with one attached hydrogen (secondary N) is 2. The molecule has 9 heteroatoms. The van der Waals surface area contributed by atoms with Gasteiger partial charge in [-0.25, -0.2) is 4.79 Å². The molecule has 156 valence electrons.